The van der Waals surface area contributed by atoms with Crippen molar-refractivity contribution in [2.75, 3.05) is 19.6 Å². The van der Waals surface area contributed by atoms with Gasteiger partial charge in [0.1, 0.15) is 0 Å². The number of piperazine rings is 1. The van der Waals surface area contributed by atoms with Crippen molar-refractivity contribution in [2.45, 2.75) is 57.4 Å². The molecule has 132 valence electrons. The summed E-state index contributed by atoms with van der Waals surface area (Å²) in [5, 5.41) is 3.34. The summed E-state index contributed by atoms with van der Waals surface area (Å²) >= 11 is 0. The molecule has 6 unspecified atom stereocenters. The van der Waals surface area contributed by atoms with Crippen molar-refractivity contribution in [3.05, 3.63) is 0 Å². The van der Waals surface area contributed by atoms with Crippen molar-refractivity contribution in [2.24, 2.45) is 11.8 Å². The number of rotatable bonds is 3. The zero-order chi connectivity index (χ0) is 17.0. The third-order valence-corrected chi connectivity index (χ3v) is 6.28. The van der Waals surface area contributed by atoms with Gasteiger partial charge in [0.15, 0.2) is 0 Å². The van der Waals surface area contributed by atoms with Gasteiger partial charge in [0.05, 0.1) is 24.0 Å². The van der Waals surface area contributed by atoms with Gasteiger partial charge in [-0.05, 0) is 26.7 Å². The Balaban J connectivity index is 1.39. The molecule has 0 aromatic carbocycles. The largest absolute Gasteiger partial charge is 0.373 e. The van der Waals surface area contributed by atoms with Gasteiger partial charge in [-0.15, -0.1) is 0 Å². The fraction of sp³-hybridized carbons (Fsp3) is 0.824. The lowest BCUT2D eigenvalue weighted by Gasteiger charge is -2.38. The molecule has 1 N–H and O–H groups in total. The van der Waals surface area contributed by atoms with E-state index < -0.39 is 0 Å². The van der Waals surface area contributed by atoms with E-state index >= 15 is 0 Å². The lowest BCUT2D eigenvalue weighted by molar-refractivity contribution is -0.143. The number of fused-ring (bicyclic) bond motifs is 5. The Morgan fingerprint density at radius 1 is 1.17 bits per heavy atom. The van der Waals surface area contributed by atoms with E-state index in [1.807, 2.05) is 11.8 Å². The molecule has 0 aromatic rings. The zero-order valence-electron chi connectivity index (χ0n) is 14.2. The highest BCUT2D eigenvalue weighted by Gasteiger charge is 2.62. The molecule has 4 fully saturated rings. The molecule has 0 spiro atoms. The smallest absolute Gasteiger partial charge is 0.235 e. The fourth-order valence-corrected chi connectivity index (χ4v) is 4.75. The van der Waals surface area contributed by atoms with Gasteiger partial charge in [-0.25, -0.2) is 0 Å². The monoisotopic (exact) mass is 335 g/mol. The number of nitrogens with one attached hydrogen (secondary N) is 1. The Bertz CT molecular complexity index is 552. The molecule has 4 heterocycles. The molecular formula is C17H25N3O4. The van der Waals surface area contributed by atoms with Crippen molar-refractivity contribution in [3.63, 3.8) is 0 Å². The van der Waals surface area contributed by atoms with Crippen molar-refractivity contribution in [3.8, 4) is 0 Å². The summed E-state index contributed by atoms with van der Waals surface area (Å²) in [4.78, 5) is 40.9. The maximum Gasteiger partial charge on any atom is 0.235 e. The lowest BCUT2D eigenvalue weighted by Crippen LogP contribution is -2.57. The summed E-state index contributed by atoms with van der Waals surface area (Å²) in [5.74, 6) is -0.847. The van der Waals surface area contributed by atoms with Gasteiger partial charge in [-0.3, -0.25) is 19.3 Å². The van der Waals surface area contributed by atoms with Crippen molar-refractivity contribution < 1.29 is 19.1 Å². The Kier molecular flexibility index (Phi) is 3.88. The summed E-state index contributed by atoms with van der Waals surface area (Å²) in [6, 6.07) is 0.379. The number of nitrogens with zero attached hydrogens (tertiary/aromatic N) is 2. The molecule has 7 nitrogen and oxygen atoms in total. The number of carbonyl (C=O) groups is 3. The third-order valence-electron chi connectivity index (χ3n) is 6.28. The topological polar surface area (TPSA) is 79.0 Å². The standard InChI is InChI=1S/C17H25N3O4/c1-9-10(2)19(8-6-18-9)13(21)5-7-20-16(22)14-11-3-4-12(24-11)15(14)17(20)23/h9-12,14-15,18H,3-8H2,1-2H3. The van der Waals surface area contributed by atoms with E-state index in [0.717, 1.165) is 19.4 Å². The van der Waals surface area contributed by atoms with E-state index in [-0.39, 0.29) is 66.8 Å². The van der Waals surface area contributed by atoms with Gasteiger partial charge in [0.2, 0.25) is 17.7 Å². The lowest BCUT2D eigenvalue weighted by atomic mass is 9.81. The number of hydrogen-bond donors (Lipinski definition) is 1. The molecule has 0 aromatic heterocycles. The van der Waals surface area contributed by atoms with Gasteiger partial charge in [0.25, 0.3) is 0 Å². The first kappa shape index (κ1) is 16.0. The number of likely N-dealkylation sites (tertiary alicyclic amines) is 1. The molecule has 6 atom stereocenters. The van der Waals surface area contributed by atoms with Gasteiger partial charge in [-0.2, -0.15) is 0 Å². The highest BCUT2D eigenvalue weighted by Crippen LogP contribution is 2.48. The molecule has 2 bridgehead atoms. The summed E-state index contributed by atoms with van der Waals surface area (Å²) < 4.78 is 5.72. The van der Waals surface area contributed by atoms with Gasteiger partial charge < -0.3 is 15.0 Å². The maximum absolute atomic E-state index is 12.6. The van der Waals surface area contributed by atoms with E-state index in [2.05, 4.69) is 12.2 Å². The van der Waals surface area contributed by atoms with Crippen LogP contribution in [0.25, 0.3) is 0 Å². The molecule has 0 aliphatic carbocycles. The van der Waals surface area contributed by atoms with Crippen LogP contribution in [0.5, 0.6) is 0 Å². The molecule has 4 aliphatic heterocycles. The van der Waals surface area contributed by atoms with Crippen molar-refractivity contribution in [1.82, 2.24) is 15.1 Å². The summed E-state index contributed by atoms with van der Waals surface area (Å²) in [6.45, 7) is 5.75. The molecule has 4 aliphatic rings. The van der Waals surface area contributed by atoms with Crippen LogP contribution < -0.4 is 5.32 Å². The van der Waals surface area contributed by atoms with Crippen LogP contribution in [-0.4, -0.2) is 71.4 Å². The first-order chi connectivity index (χ1) is 11.5. The average Bonchev–Trinajstić information content (AvgIpc) is 3.23. The van der Waals surface area contributed by atoms with E-state index in [0.29, 0.717) is 6.54 Å². The van der Waals surface area contributed by atoms with Crippen LogP contribution in [0.15, 0.2) is 0 Å². The van der Waals surface area contributed by atoms with Crippen LogP contribution in [-0.2, 0) is 19.1 Å². The Morgan fingerprint density at radius 3 is 2.42 bits per heavy atom. The molecule has 7 heteroatoms. The minimum atomic E-state index is -0.301. The Hall–Kier alpha value is -1.47. The zero-order valence-corrected chi connectivity index (χ0v) is 14.2. The van der Waals surface area contributed by atoms with Crippen molar-refractivity contribution >= 4 is 17.7 Å². The summed E-state index contributed by atoms with van der Waals surface area (Å²) in [6.07, 6.45) is 1.77. The summed E-state index contributed by atoms with van der Waals surface area (Å²) in [5.41, 5.74) is 0. The number of hydrogen-bond acceptors (Lipinski definition) is 5. The molecule has 4 saturated heterocycles. The van der Waals surface area contributed by atoms with E-state index in [9.17, 15) is 14.4 Å². The van der Waals surface area contributed by atoms with Crippen molar-refractivity contribution in [1.29, 1.82) is 0 Å². The third kappa shape index (κ3) is 2.29. The second-order valence-corrected chi connectivity index (χ2v) is 7.49. The highest BCUT2D eigenvalue weighted by molar-refractivity contribution is 6.06. The minimum Gasteiger partial charge on any atom is -0.373 e. The molecule has 0 radical (unpaired) electrons. The second-order valence-electron chi connectivity index (χ2n) is 7.49. The number of ether oxygens (including phenoxy) is 1. The van der Waals surface area contributed by atoms with Crippen LogP contribution >= 0.6 is 0 Å². The van der Waals surface area contributed by atoms with Gasteiger partial charge >= 0.3 is 0 Å². The van der Waals surface area contributed by atoms with Crippen LogP contribution in [0, 0.1) is 11.8 Å². The average molecular weight is 335 g/mol. The fourth-order valence-electron chi connectivity index (χ4n) is 4.75. The van der Waals surface area contributed by atoms with Crippen LogP contribution in [0.2, 0.25) is 0 Å². The maximum atomic E-state index is 12.6. The van der Waals surface area contributed by atoms with Gasteiger partial charge in [-0.1, -0.05) is 0 Å². The van der Waals surface area contributed by atoms with Crippen LogP contribution in [0.1, 0.15) is 33.1 Å². The number of carbonyl (C=O) groups excluding carboxylic acids is 3. The summed E-state index contributed by atoms with van der Waals surface area (Å²) in [7, 11) is 0. The molecule has 24 heavy (non-hydrogen) atoms. The highest BCUT2D eigenvalue weighted by atomic mass is 16.5. The minimum absolute atomic E-state index is 0.0210. The predicted octanol–water partition coefficient (Wildman–Crippen LogP) is -0.252. The SMILES string of the molecule is CC1NCCN(C(=O)CCN2C(=O)C3C4CCC(O4)C3C2=O)C1C. The molecule has 4 rings (SSSR count). The van der Waals surface area contributed by atoms with Crippen LogP contribution in [0.4, 0.5) is 0 Å². The number of amides is 3. The van der Waals surface area contributed by atoms with E-state index in [4.69, 9.17) is 4.74 Å². The quantitative estimate of drug-likeness (QED) is 0.720. The van der Waals surface area contributed by atoms with E-state index in [1.165, 1.54) is 4.90 Å². The van der Waals surface area contributed by atoms with Gasteiger partial charge in [0, 0.05) is 38.1 Å². The predicted molar refractivity (Wildman–Crippen MR) is 84.9 cm³/mol. The van der Waals surface area contributed by atoms with Crippen LogP contribution in [0.3, 0.4) is 0 Å². The molecule has 0 saturated carbocycles. The second kappa shape index (κ2) is 5.81. The first-order valence-corrected chi connectivity index (χ1v) is 9.02. The Morgan fingerprint density at radius 2 is 1.79 bits per heavy atom. The molecule has 3 amide bonds. The van der Waals surface area contributed by atoms with E-state index in [1.54, 1.807) is 0 Å². The normalized spacial score (nSPS) is 41.2. The molecular weight excluding hydrogens is 310 g/mol. The first-order valence-electron chi connectivity index (χ1n) is 9.02. The number of imide groups is 1. The Labute approximate surface area is 141 Å².